The molecule has 0 aliphatic carbocycles. The topological polar surface area (TPSA) is 40.5 Å². The first kappa shape index (κ1) is 21.1. The maximum Gasteiger partial charge on any atom is 0.126 e. The number of hydrogen-bond donors (Lipinski definition) is 2. The Morgan fingerprint density at radius 2 is 1.37 bits per heavy atom. The summed E-state index contributed by atoms with van der Waals surface area (Å²) in [5, 5.41) is 22.2. The average Bonchev–Trinajstić information content (AvgIpc) is 2.51. The molecule has 0 aliphatic rings. The van der Waals surface area contributed by atoms with Gasteiger partial charge in [0.2, 0.25) is 0 Å². The second-order valence-corrected chi connectivity index (χ2v) is 9.25. The van der Waals surface area contributed by atoms with Gasteiger partial charge in [-0.3, -0.25) is 0 Å². The average molecular weight is 367 g/mol. The third-order valence-electron chi connectivity index (χ3n) is 5.17. The van der Waals surface area contributed by atoms with E-state index in [9.17, 15) is 10.2 Å². The van der Waals surface area contributed by atoms with Crippen molar-refractivity contribution >= 4 is 5.57 Å². The van der Waals surface area contributed by atoms with Gasteiger partial charge in [-0.1, -0.05) is 65.0 Å². The van der Waals surface area contributed by atoms with Crippen LogP contribution in [0.15, 0.2) is 30.8 Å². The molecule has 0 fully saturated rings. The maximum atomic E-state index is 11.2. The Morgan fingerprint density at radius 1 is 0.889 bits per heavy atom. The number of phenolic OH excluding ortho intramolecular Hbond substituents is 2. The molecule has 0 saturated carbocycles. The van der Waals surface area contributed by atoms with Crippen LogP contribution in [0.5, 0.6) is 11.5 Å². The Morgan fingerprint density at radius 3 is 1.81 bits per heavy atom. The summed E-state index contributed by atoms with van der Waals surface area (Å²) in [5.41, 5.74) is 6.31. The lowest BCUT2D eigenvalue weighted by Crippen LogP contribution is -2.16. The molecule has 1 atom stereocenters. The molecule has 2 heteroatoms. The van der Waals surface area contributed by atoms with E-state index < -0.39 is 0 Å². The van der Waals surface area contributed by atoms with Gasteiger partial charge in [-0.05, 0) is 54.9 Å². The number of benzene rings is 2. The van der Waals surface area contributed by atoms with Crippen molar-refractivity contribution in [3.63, 3.8) is 0 Å². The SMILES string of the molecule is C=C(C)c1cc(C)cc(C(c2cc(C)cc(C(C)(C)C)c2O)C(C)C)c1O. The number of rotatable bonds is 4. The van der Waals surface area contributed by atoms with Crippen LogP contribution in [0.2, 0.25) is 0 Å². The van der Waals surface area contributed by atoms with Crippen molar-refractivity contribution in [1.82, 2.24) is 0 Å². The molecule has 2 aromatic carbocycles. The summed E-state index contributed by atoms with van der Waals surface area (Å²) in [6.07, 6.45) is 0. The van der Waals surface area contributed by atoms with Gasteiger partial charge in [-0.2, -0.15) is 0 Å². The predicted molar refractivity (Wildman–Crippen MR) is 116 cm³/mol. The molecule has 0 heterocycles. The minimum atomic E-state index is -0.163. The zero-order valence-electron chi connectivity index (χ0n) is 18.1. The van der Waals surface area contributed by atoms with Crippen LogP contribution in [0.3, 0.4) is 0 Å². The van der Waals surface area contributed by atoms with Gasteiger partial charge in [0.15, 0.2) is 0 Å². The fraction of sp³-hybridized carbons (Fsp3) is 0.440. The van der Waals surface area contributed by atoms with Crippen molar-refractivity contribution in [3.8, 4) is 11.5 Å². The fourth-order valence-corrected chi connectivity index (χ4v) is 3.87. The van der Waals surface area contributed by atoms with E-state index in [0.29, 0.717) is 5.75 Å². The van der Waals surface area contributed by atoms with Crippen molar-refractivity contribution in [1.29, 1.82) is 0 Å². The summed E-state index contributed by atoms with van der Waals surface area (Å²) >= 11 is 0. The normalized spacial score (nSPS) is 13.1. The zero-order chi connectivity index (χ0) is 20.7. The zero-order valence-corrected chi connectivity index (χ0v) is 18.1. The molecule has 0 bridgehead atoms. The van der Waals surface area contributed by atoms with Crippen molar-refractivity contribution in [2.75, 3.05) is 0 Å². The molecule has 0 radical (unpaired) electrons. The Kier molecular flexibility index (Phi) is 5.79. The minimum absolute atomic E-state index is 0.107. The summed E-state index contributed by atoms with van der Waals surface area (Å²) in [6, 6.07) is 8.11. The first-order valence-corrected chi connectivity index (χ1v) is 9.68. The van der Waals surface area contributed by atoms with Gasteiger partial charge in [0.1, 0.15) is 11.5 Å². The van der Waals surface area contributed by atoms with Crippen LogP contribution < -0.4 is 0 Å². The fourth-order valence-electron chi connectivity index (χ4n) is 3.87. The Hall–Kier alpha value is -2.22. The van der Waals surface area contributed by atoms with Crippen LogP contribution in [-0.4, -0.2) is 10.2 Å². The number of aryl methyl sites for hydroxylation is 2. The highest BCUT2D eigenvalue weighted by Gasteiger charge is 2.29. The third kappa shape index (κ3) is 4.21. The van der Waals surface area contributed by atoms with Gasteiger partial charge in [-0.25, -0.2) is 0 Å². The minimum Gasteiger partial charge on any atom is -0.507 e. The van der Waals surface area contributed by atoms with Crippen LogP contribution in [0, 0.1) is 19.8 Å². The van der Waals surface area contributed by atoms with E-state index in [1.807, 2.05) is 26.0 Å². The van der Waals surface area contributed by atoms with Gasteiger partial charge in [0, 0.05) is 22.6 Å². The summed E-state index contributed by atoms with van der Waals surface area (Å²) in [5.74, 6) is 0.704. The molecule has 0 amide bonds. The van der Waals surface area contributed by atoms with Crippen LogP contribution in [0.25, 0.3) is 5.57 Å². The molecule has 2 rings (SSSR count). The van der Waals surface area contributed by atoms with Crippen LogP contribution in [-0.2, 0) is 5.41 Å². The molecule has 2 nitrogen and oxygen atoms in total. The maximum absolute atomic E-state index is 11.2. The van der Waals surface area contributed by atoms with E-state index in [1.165, 1.54) is 0 Å². The highest BCUT2D eigenvalue weighted by atomic mass is 16.3. The van der Waals surface area contributed by atoms with E-state index in [2.05, 4.69) is 60.3 Å². The summed E-state index contributed by atoms with van der Waals surface area (Å²) in [6.45, 7) is 20.6. The second-order valence-electron chi connectivity index (χ2n) is 9.25. The van der Waals surface area contributed by atoms with Gasteiger partial charge < -0.3 is 10.2 Å². The lowest BCUT2D eigenvalue weighted by atomic mass is 9.76. The van der Waals surface area contributed by atoms with Crippen LogP contribution in [0.4, 0.5) is 0 Å². The van der Waals surface area contributed by atoms with Crippen LogP contribution in [0.1, 0.15) is 80.8 Å². The van der Waals surface area contributed by atoms with Gasteiger partial charge in [0.25, 0.3) is 0 Å². The predicted octanol–water partition coefficient (Wildman–Crippen LogP) is 6.83. The first-order chi connectivity index (χ1) is 12.3. The summed E-state index contributed by atoms with van der Waals surface area (Å²) in [4.78, 5) is 0. The van der Waals surface area contributed by atoms with E-state index in [0.717, 1.165) is 39.0 Å². The molecule has 2 N–H and O–H groups in total. The van der Waals surface area contributed by atoms with Crippen LogP contribution >= 0.6 is 0 Å². The van der Waals surface area contributed by atoms with Crippen molar-refractivity contribution in [2.24, 2.45) is 5.92 Å². The molecule has 0 aromatic heterocycles. The summed E-state index contributed by atoms with van der Waals surface area (Å²) < 4.78 is 0. The second kappa shape index (κ2) is 7.42. The Labute approximate surface area is 164 Å². The van der Waals surface area contributed by atoms with E-state index >= 15 is 0 Å². The van der Waals surface area contributed by atoms with Gasteiger partial charge >= 0.3 is 0 Å². The first-order valence-electron chi connectivity index (χ1n) is 9.68. The smallest absolute Gasteiger partial charge is 0.126 e. The number of phenols is 2. The lowest BCUT2D eigenvalue weighted by molar-refractivity contribution is 0.420. The van der Waals surface area contributed by atoms with Crippen molar-refractivity contribution in [2.45, 2.75) is 66.7 Å². The Balaban J connectivity index is 2.83. The molecule has 0 saturated heterocycles. The number of hydrogen-bond acceptors (Lipinski definition) is 2. The molecule has 0 aliphatic heterocycles. The van der Waals surface area contributed by atoms with Gasteiger partial charge in [0.05, 0.1) is 0 Å². The van der Waals surface area contributed by atoms with Gasteiger partial charge in [-0.15, -0.1) is 0 Å². The standard InChI is InChI=1S/C25H34O2/c1-14(2)18-10-16(5)11-19(23(18)26)22(15(3)4)20-12-17(6)13-21(24(20)27)25(7,8)9/h10-13,15,22,26-27H,1H2,2-9H3. The monoisotopic (exact) mass is 366 g/mol. The van der Waals surface area contributed by atoms with E-state index in [4.69, 9.17) is 0 Å². The third-order valence-corrected chi connectivity index (χ3v) is 5.17. The van der Waals surface area contributed by atoms with Crippen molar-refractivity contribution < 1.29 is 10.2 Å². The quantitative estimate of drug-likeness (QED) is 0.622. The number of aromatic hydroxyl groups is 2. The lowest BCUT2D eigenvalue weighted by Gasteiger charge is -2.29. The molecular formula is C25H34O2. The molecule has 0 spiro atoms. The molecule has 2 aromatic rings. The highest BCUT2D eigenvalue weighted by Crippen LogP contribution is 2.46. The summed E-state index contributed by atoms with van der Waals surface area (Å²) in [7, 11) is 0. The Bertz CT molecular complexity index is 867. The number of allylic oxidation sites excluding steroid dienone is 1. The molecule has 27 heavy (non-hydrogen) atoms. The molecule has 1 unspecified atom stereocenters. The highest BCUT2D eigenvalue weighted by molar-refractivity contribution is 5.70. The van der Waals surface area contributed by atoms with E-state index in [1.54, 1.807) is 0 Å². The largest absolute Gasteiger partial charge is 0.507 e. The van der Waals surface area contributed by atoms with Crippen molar-refractivity contribution in [3.05, 3.63) is 64.2 Å². The molecule has 146 valence electrons. The van der Waals surface area contributed by atoms with E-state index in [-0.39, 0.29) is 23.0 Å². The molecular weight excluding hydrogens is 332 g/mol.